The van der Waals surface area contributed by atoms with E-state index in [1.54, 1.807) is 4.90 Å². The van der Waals surface area contributed by atoms with Crippen molar-refractivity contribution in [3.8, 4) is 12.1 Å². The van der Waals surface area contributed by atoms with Crippen LogP contribution in [0.4, 0.5) is 0 Å². The molecule has 0 amide bonds. The molecule has 1 N–H and O–H groups in total. The van der Waals surface area contributed by atoms with E-state index in [2.05, 4.69) is 5.32 Å². The van der Waals surface area contributed by atoms with Gasteiger partial charge in [0, 0.05) is 19.8 Å². The van der Waals surface area contributed by atoms with E-state index >= 15 is 0 Å². The molecular weight excluding hydrogens is 232 g/mol. The molecule has 0 bridgehead atoms. The average Bonchev–Trinajstić information content (AvgIpc) is 2.39. The molecular formula is C12H18N4O2. The zero-order valence-corrected chi connectivity index (χ0v) is 10.9. The Morgan fingerprint density at radius 1 is 1.17 bits per heavy atom. The Morgan fingerprint density at radius 2 is 1.83 bits per heavy atom. The molecule has 0 spiro atoms. The maximum absolute atomic E-state index is 9.16. The molecule has 0 aromatic heterocycles. The second kappa shape index (κ2) is 6.85. The smallest absolute Gasteiger partial charge is 0.175 e. The van der Waals surface area contributed by atoms with E-state index in [1.165, 1.54) is 0 Å². The highest BCUT2D eigenvalue weighted by Crippen LogP contribution is 2.22. The third-order valence-electron chi connectivity index (χ3n) is 2.62. The molecule has 98 valence electrons. The van der Waals surface area contributed by atoms with Crippen LogP contribution in [-0.4, -0.2) is 37.1 Å². The fraction of sp³-hybridized carbons (Fsp3) is 0.667. The van der Waals surface area contributed by atoms with Crippen molar-refractivity contribution in [3.63, 3.8) is 0 Å². The third-order valence-corrected chi connectivity index (χ3v) is 2.62. The molecule has 6 nitrogen and oxygen atoms in total. The van der Waals surface area contributed by atoms with Gasteiger partial charge in [0.15, 0.2) is 18.2 Å². The Kier molecular flexibility index (Phi) is 5.44. The van der Waals surface area contributed by atoms with Gasteiger partial charge in [0.2, 0.25) is 0 Å². The molecule has 0 saturated heterocycles. The van der Waals surface area contributed by atoms with E-state index in [1.807, 2.05) is 32.9 Å². The minimum Gasteiger partial charge on any atom is -0.354 e. The first kappa shape index (κ1) is 14.3. The summed E-state index contributed by atoms with van der Waals surface area (Å²) < 4.78 is 11.2. The van der Waals surface area contributed by atoms with E-state index < -0.39 is 12.5 Å². The molecule has 1 aliphatic rings. The Morgan fingerprint density at radius 3 is 2.28 bits per heavy atom. The maximum Gasteiger partial charge on any atom is 0.175 e. The quantitative estimate of drug-likeness (QED) is 0.780. The summed E-state index contributed by atoms with van der Waals surface area (Å²) in [5, 5.41) is 21.1. The molecule has 0 saturated carbocycles. The molecule has 6 heteroatoms. The van der Waals surface area contributed by atoms with Crippen LogP contribution in [-0.2, 0) is 9.47 Å². The van der Waals surface area contributed by atoms with Gasteiger partial charge in [-0.2, -0.15) is 10.5 Å². The van der Waals surface area contributed by atoms with Gasteiger partial charge in [0.05, 0.1) is 0 Å². The van der Waals surface area contributed by atoms with Crippen LogP contribution >= 0.6 is 0 Å². The van der Waals surface area contributed by atoms with Crippen LogP contribution < -0.4 is 5.32 Å². The predicted octanol–water partition coefficient (Wildman–Crippen LogP) is 0.895. The number of nitrogens with zero attached hydrogens (tertiary/aromatic N) is 3. The highest BCUT2D eigenvalue weighted by molar-refractivity contribution is 5.37. The standard InChI is InChI=1S/C12H18N4O2/c1-4-16-10(8-14)9(7-13)15-11(17-5-2)12(16)18-6-3/h11-12,15H,4-6H2,1-3H3. The molecule has 2 atom stereocenters. The second-order valence-electron chi connectivity index (χ2n) is 3.60. The summed E-state index contributed by atoms with van der Waals surface area (Å²) in [6, 6.07) is 4.03. The van der Waals surface area contributed by atoms with Gasteiger partial charge in [-0.05, 0) is 20.8 Å². The summed E-state index contributed by atoms with van der Waals surface area (Å²) in [5.74, 6) is 0. The Hall–Kier alpha value is -1.76. The van der Waals surface area contributed by atoms with Crippen LogP contribution in [0, 0.1) is 22.7 Å². The highest BCUT2D eigenvalue weighted by atomic mass is 16.6. The molecule has 1 heterocycles. The van der Waals surface area contributed by atoms with E-state index in [-0.39, 0.29) is 5.70 Å². The first-order valence-corrected chi connectivity index (χ1v) is 6.04. The van der Waals surface area contributed by atoms with Gasteiger partial charge in [-0.15, -0.1) is 0 Å². The molecule has 0 aliphatic carbocycles. The van der Waals surface area contributed by atoms with Crippen LogP contribution in [0.25, 0.3) is 0 Å². The van der Waals surface area contributed by atoms with Crippen molar-refractivity contribution in [2.75, 3.05) is 19.8 Å². The summed E-state index contributed by atoms with van der Waals surface area (Å²) >= 11 is 0. The lowest BCUT2D eigenvalue weighted by molar-refractivity contribution is -0.144. The molecule has 0 aromatic rings. The molecule has 2 unspecified atom stereocenters. The van der Waals surface area contributed by atoms with E-state index in [9.17, 15) is 0 Å². The van der Waals surface area contributed by atoms with Crippen LogP contribution in [0.15, 0.2) is 11.4 Å². The lowest BCUT2D eigenvalue weighted by atomic mass is 10.2. The highest BCUT2D eigenvalue weighted by Gasteiger charge is 2.36. The van der Waals surface area contributed by atoms with Crippen molar-refractivity contribution in [2.45, 2.75) is 33.2 Å². The monoisotopic (exact) mass is 250 g/mol. The number of nitriles is 2. The van der Waals surface area contributed by atoms with Gasteiger partial charge in [0.25, 0.3) is 0 Å². The Balaban J connectivity index is 3.11. The largest absolute Gasteiger partial charge is 0.354 e. The van der Waals surface area contributed by atoms with Gasteiger partial charge in [-0.1, -0.05) is 0 Å². The molecule has 1 rings (SSSR count). The van der Waals surface area contributed by atoms with E-state index in [4.69, 9.17) is 20.0 Å². The number of likely N-dealkylation sites (N-methyl/N-ethyl adjacent to an activating group) is 1. The van der Waals surface area contributed by atoms with Gasteiger partial charge in [-0.3, -0.25) is 0 Å². The summed E-state index contributed by atoms with van der Waals surface area (Å²) in [6.45, 7) is 7.24. The summed E-state index contributed by atoms with van der Waals surface area (Å²) in [6.07, 6.45) is -0.839. The molecule has 0 aromatic carbocycles. The van der Waals surface area contributed by atoms with Crippen LogP contribution in [0.2, 0.25) is 0 Å². The zero-order valence-electron chi connectivity index (χ0n) is 10.9. The average molecular weight is 250 g/mol. The van der Waals surface area contributed by atoms with Crippen molar-refractivity contribution < 1.29 is 9.47 Å². The normalized spacial score (nSPS) is 23.3. The van der Waals surface area contributed by atoms with Gasteiger partial charge in [-0.25, -0.2) is 0 Å². The van der Waals surface area contributed by atoms with Crippen LogP contribution in [0.1, 0.15) is 20.8 Å². The second-order valence-corrected chi connectivity index (χ2v) is 3.60. The number of allylic oxidation sites excluding steroid dienone is 2. The number of ether oxygens (including phenoxy) is 2. The first-order chi connectivity index (χ1) is 8.73. The molecule has 0 radical (unpaired) electrons. The SMILES string of the molecule is CCOC1NC(C#N)=C(C#N)N(CC)C1OCC. The Bertz CT molecular complexity index is 394. The first-order valence-electron chi connectivity index (χ1n) is 6.04. The fourth-order valence-electron chi connectivity index (χ4n) is 1.91. The minimum absolute atomic E-state index is 0.230. The number of hydrogen-bond donors (Lipinski definition) is 1. The van der Waals surface area contributed by atoms with Gasteiger partial charge in [0.1, 0.15) is 17.8 Å². The topological polar surface area (TPSA) is 81.3 Å². The summed E-state index contributed by atoms with van der Waals surface area (Å²) in [7, 11) is 0. The van der Waals surface area contributed by atoms with Gasteiger partial charge >= 0.3 is 0 Å². The molecule has 18 heavy (non-hydrogen) atoms. The van der Waals surface area contributed by atoms with Crippen molar-refractivity contribution in [2.24, 2.45) is 0 Å². The zero-order chi connectivity index (χ0) is 13.5. The third kappa shape index (κ3) is 2.73. The predicted molar refractivity (Wildman–Crippen MR) is 64.6 cm³/mol. The Labute approximate surface area is 107 Å². The van der Waals surface area contributed by atoms with Gasteiger partial charge < -0.3 is 19.7 Å². The lowest BCUT2D eigenvalue weighted by Gasteiger charge is -2.40. The van der Waals surface area contributed by atoms with Crippen molar-refractivity contribution in [1.82, 2.24) is 10.2 Å². The summed E-state index contributed by atoms with van der Waals surface area (Å²) in [5.41, 5.74) is 0.531. The van der Waals surface area contributed by atoms with E-state index in [0.29, 0.717) is 25.5 Å². The lowest BCUT2D eigenvalue weighted by Crippen LogP contribution is -2.56. The van der Waals surface area contributed by atoms with Crippen molar-refractivity contribution >= 4 is 0 Å². The van der Waals surface area contributed by atoms with Crippen molar-refractivity contribution in [3.05, 3.63) is 11.4 Å². The number of hydrogen-bond acceptors (Lipinski definition) is 6. The molecule has 1 aliphatic heterocycles. The molecule has 0 fully saturated rings. The van der Waals surface area contributed by atoms with Crippen LogP contribution in [0.5, 0.6) is 0 Å². The van der Waals surface area contributed by atoms with E-state index in [0.717, 1.165) is 0 Å². The maximum atomic E-state index is 9.16. The minimum atomic E-state index is -0.443. The van der Waals surface area contributed by atoms with Crippen LogP contribution in [0.3, 0.4) is 0 Å². The number of rotatable bonds is 5. The fourth-order valence-corrected chi connectivity index (χ4v) is 1.91. The summed E-state index contributed by atoms with van der Waals surface area (Å²) in [4.78, 5) is 1.75. The van der Waals surface area contributed by atoms with Crippen molar-refractivity contribution in [1.29, 1.82) is 10.5 Å². The number of nitrogens with one attached hydrogen (secondary N) is 1.